The van der Waals surface area contributed by atoms with Gasteiger partial charge in [-0.3, -0.25) is 9.69 Å². The van der Waals surface area contributed by atoms with E-state index < -0.39 is 12.0 Å². The molecule has 2 N–H and O–H groups in total. The second kappa shape index (κ2) is 5.39. The van der Waals surface area contributed by atoms with Crippen molar-refractivity contribution in [2.75, 3.05) is 19.6 Å². The van der Waals surface area contributed by atoms with E-state index in [4.69, 9.17) is 16.7 Å². The smallest absolute Gasteiger partial charge is 0.322 e. The maximum Gasteiger partial charge on any atom is 0.322 e. The first kappa shape index (κ1) is 12.2. The summed E-state index contributed by atoms with van der Waals surface area (Å²) in [5.74, 6) is -0.824. The van der Waals surface area contributed by atoms with Crippen molar-refractivity contribution in [3.63, 3.8) is 0 Å². The largest absolute Gasteiger partial charge is 0.480 e. The summed E-state index contributed by atoms with van der Waals surface area (Å²) in [7, 11) is 0. The molecule has 0 aromatic carbocycles. The third-order valence-corrected chi connectivity index (χ3v) is 2.81. The van der Waals surface area contributed by atoms with Gasteiger partial charge in [0.05, 0.1) is 5.69 Å². The summed E-state index contributed by atoms with van der Waals surface area (Å²) in [6.07, 6.45) is 1.60. The molecule has 1 atom stereocenters. The van der Waals surface area contributed by atoms with Crippen LogP contribution < -0.4 is 5.32 Å². The van der Waals surface area contributed by atoms with Gasteiger partial charge in [-0.15, -0.1) is 0 Å². The Morgan fingerprint density at radius 2 is 2.53 bits per heavy atom. The third kappa shape index (κ3) is 3.36. The number of hydrogen-bond donors (Lipinski definition) is 2. The average Bonchev–Trinajstić information content (AvgIpc) is 2.29. The van der Waals surface area contributed by atoms with Crippen LogP contribution in [0.1, 0.15) is 5.69 Å². The molecule has 0 saturated carbocycles. The molecule has 1 aromatic rings. The number of carboxylic acid groups (broad SMARTS) is 1. The van der Waals surface area contributed by atoms with E-state index in [1.54, 1.807) is 12.3 Å². The predicted octanol–water partition coefficient (Wildman–Crippen LogP) is -0.0116. The number of hydrogen-bond acceptors (Lipinski definition) is 5. The Bertz CT molecular complexity index is 415. The fourth-order valence-electron chi connectivity index (χ4n) is 1.81. The molecular formula is C10H13ClN4O2. The van der Waals surface area contributed by atoms with Gasteiger partial charge in [0.1, 0.15) is 6.04 Å². The SMILES string of the molecule is O=C(O)[C@H]1CN(Cc2ccnc(Cl)n2)CCN1. The Morgan fingerprint density at radius 3 is 3.24 bits per heavy atom. The standard InChI is InChI=1S/C10H13ClN4O2/c11-10-13-2-1-7(14-10)5-15-4-3-12-8(6-15)9(16)17/h1-2,8,12H,3-6H2,(H,16,17)/t8-/m1/s1. The Hall–Kier alpha value is -1.24. The molecule has 2 rings (SSSR count). The molecule has 1 aromatic heterocycles. The summed E-state index contributed by atoms with van der Waals surface area (Å²) in [4.78, 5) is 20.8. The van der Waals surface area contributed by atoms with Crippen LogP contribution in [0.4, 0.5) is 0 Å². The van der Waals surface area contributed by atoms with E-state index >= 15 is 0 Å². The first-order valence-corrected chi connectivity index (χ1v) is 5.69. The van der Waals surface area contributed by atoms with Gasteiger partial charge in [0.2, 0.25) is 5.28 Å². The minimum atomic E-state index is -0.824. The Kier molecular flexibility index (Phi) is 3.88. The molecule has 17 heavy (non-hydrogen) atoms. The number of rotatable bonds is 3. The lowest BCUT2D eigenvalue weighted by Crippen LogP contribution is -2.53. The van der Waals surface area contributed by atoms with Crippen molar-refractivity contribution in [3.8, 4) is 0 Å². The van der Waals surface area contributed by atoms with Crippen LogP contribution in [-0.4, -0.2) is 51.6 Å². The number of carboxylic acids is 1. The molecule has 1 aliphatic rings. The van der Waals surface area contributed by atoms with Gasteiger partial charge in [0, 0.05) is 32.4 Å². The first-order chi connectivity index (χ1) is 8.15. The van der Waals surface area contributed by atoms with Crippen LogP contribution in [0.3, 0.4) is 0 Å². The van der Waals surface area contributed by atoms with Gasteiger partial charge < -0.3 is 10.4 Å². The molecule has 0 radical (unpaired) electrons. The summed E-state index contributed by atoms with van der Waals surface area (Å²) in [5, 5.41) is 12.1. The third-order valence-electron chi connectivity index (χ3n) is 2.63. The summed E-state index contributed by atoms with van der Waals surface area (Å²) in [5.41, 5.74) is 0.802. The quantitative estimate of drug-likeness (QED) is 0.741. The lowest BCUT2D eigenvalue weighted by molar-refractivity contribution is -0.140. The highest BCUT2D eigenvalue weighted by molar-refractivity contribution is 6.28. The number of nitrogens with one attached hydrogen (secondary N) is 1. The monoisotopic (exact) mass is 256 g/mol. The molecule has 6 nitrogen and oxygen atoms in total. The molecule has 1 fully saturated rings. The second-order valence-corrected chi connectivity index (χ2v) is 4.24. The Morgan fingerprint density at radius 1 is 1.71 bits per heavy atom. The second-order valence-electron chi connectivity index (χ2n) is 3.90. The minimum absolute atomic E-state index is 0.215. The van der Waals surface area contributed by atoms with Crippen molar-refractivity contribution in [2.24, 2.45) is 0 Å². The molecule has 0 spiro atoms. The van der Waals surface area contributed by atoms with E-state index in [2.05, 4.69) is 15.3 Å². The van der Waals surface area contributed by atoms with Crippen molar-refractivity contribution < 1.29 is 9.90 Å². The number of piperazine rings is 1. The van der Waals surface area contributed by atoms with Gasteiger partial charge >= 0.3 is 5.97 Å². The maximum atomic E-state index is 10.9. The molecule has 2 heterocycles. The van der Waals surface area contributed by atoms with Crippen molar-refractivity contribution in [3.05, 3.63) is 23.2 Å². The highest BCUT2D eigenvalue weighted by atomic mass is 35.5. The lowest BCUT2D eigenvalue weighted by Gasteiger charge is -2.31. The fraction of sp³-hybridized carbons (Fsp3) is 0.500. The lowest BCUT2D eigenvalue weighted by atomic mass is 10.2. The topological polar surface area (TPSA) is 78.3 Å². The van der Waals surface area contributed by atoms with E-state index in [0.29, 0.717) is 19.6 Å². The molecule has 1 aliphatic heterocycles. The molecule has 0 bridgehead atoms. The number of aliphatic carboxylic acids is 1. The molecule has 0 unspecified atom stereocenters. The predicted molar refractivity (Wildman–Crippen MR) is 61.7 cm³/mol. The van der Waals surface area contributed by atoms with E-state index in [1.807, 2.05) is 4.90 Å². The molecule has 0 aliphatic carbocycles. The normalized spacial score (nSPS) is 21.4. The molecule has 0 amide bonds. The minimum Gasteiger partial charge on any atom is -0.480 e. The van der Waals surface area contributed by atoms with Crippen LogP contribution in [0.25, 0.3) is 0 Å². The van der Waals surface area contributed by atoms with E-state index in [1.165, 1.54) is 0 Å². The zero-order chi connectivity index (χ0) is 12.3. The first-order valence-electron chi connectivity index (χ1n) is 5.31. The van der Waals surface area contributed by atoms with Gasteiger partial charge in [-0.05, 0) is 17.7 Å². The molecule has 7 heteroatoms. The highest BCUT2D eigenvalue weighted by Gasteiger charge is 2.24. The Balaban J connectivity index is 1.97. The van der Waals surface area contributed by atoms with Crippen LogP contribution in [0.15, 0.2) is 12.3 Å². The van der Waals surface area contributed by atoms with Crippen LogP contribution in [0, 0.1) is 0 Å². The van der Waals surface area contributed by atoms with Crippen LogP contribution in [0.5, 0.6) is 0 Å². The number of nitrogens with zero attached hydrogens (tertiary/aromatic N) is 3. The van der Waals surface area contributed by atoms with Gasteiger partial charge in [0.25, 0.3) is 0 Å². The molecule has 92 valence electrons. The zero-order valence-corrected chi connectivity index (χ0v) is 9.89. The summed E-state index contributed by atoms with van der Waals surface area (Å²) in [6.45, 7) is 2.52. The van der Waals surface area contributed by atoms with Crippen LogP contribution in [0.2, 0.25) is 5.28 Å². The van der Waals surface area contributed by atoms with Gasteiger partial charge in [-0.25, -0.2) is 9.97 Å². The zero-order valence-electron chi connectivity index (χ0n) is 9.14. The van der Waals surface area contributed by atoms with Gasteiger partial charge in [-0.1, -0.05) is 0 Å². The summed E-state index contributed by atoms with van der Waals surface area (Å²) < 4.78 is 0. The molecular weight excluding hydrogens is 244 g/mol. The van der Waals surface area contributed by atoms with Crippen LogP contribution >= 0.6 is 11.6 Å². The van der Waals surface area contributed by atoms with E-state index in [9.17, 15) is 4.79 Å². The van der Waals surface area contributed by atoms with Crippen molar-refractivity contribution in [2.45, 2.75) is 12.6 Å². The summed E-state index contributed by atoms with van der Waals surface area (Å²) in [6, 6.07) is 1.27. The van der Waals surface area contributed by atoms with Crippen molar-refractivity contribution in [1.82, 2.24) is 20.2 Å². The van der Waals surface area contributed by atoms with Crippen LogP contribution in [-0.2, 0) is 11.3 Å². The fourth-order valence-corrected chi connectivity index (χ4v) is 1.97. The average molecular weight is 257 g/mol. The van der Waals surface area contributed by atoms with E-state index in [-0.39, 0.29) is 5.28 Å². The van der Waals surface area contributed by atoms with Gasteiger partial charge in [0.15, 0.2) is 0 Å². The number of halogens is 1. The maximum absolute atomic E-state index is 10.9. The van der Waals surface area contributed by atoms with Crippen molar-refractivity contribution in [1.29, 1.82) is 0 Å². The Labute approximate surface area is 104 Å². The number of aromatic nitrogens is 2. The highest BCUT2D eigenvalue weighted by Crippen LogP contribution is 2.07. The van der Waals surface area contributed by atoms with Gasteiger partial charge in [-0.2, -0.15) is 0 Å². The number of carbonyl (C=O) groups is 1. The van der Waals surface area contributed by atoms with Crippen molar-refractivity contribution >= 4 is 17.6 Å². The molecule has 1 saturated heterocycles. The summed E-state index contributed by atoms with van der Waals surface area (Å²) >= 11 is 5.69. The van der Waals surface area contributed by atoms with E-state index in [0.717, 1.165) is 12.2 Å².